The summed E-state index contributed by atoms with van der Waals surface area (Å²) in [4.78, 5) is 4.91. The van der Waals surface area contributed by atoms with Crippen molar-refractivity contribution in [3.63, 3.8) is 0 Å². The summed E-state index contributed by atoms with van der Waals surface area (Å²) >= 11 is 0. The second-order valence-corrected chi connectivity index (χ2v) is 10.4. The average molecular weight is 415 g/mol. The van der Waals surface area contributed by atoms with Crippen molar-refractivity contribution in [1.29, 1.82) is 0 Å². The van der Waals surface area contributed by atoms with E-state index in [9.17, 15) is 0 Å². The summed E-state index contributed by atoms with van der Waals surface area (Å²) in [6.07, 6.45) is 10.7. The van der Waals surface area contributed by atoms with E-state index in [1.807, 2.05) is 6.20 Å². The van der Waals surface area contributed by atoms with Gasteiger partial charge in [0.15, 0.2) is 0 Å². The van der Waals surface area contributed by atoms with E-state index in [4.69, 9.17) is 10.7 Å². The maximum atomic E-state index is 5.88. The fraction of sp³-hybridized carbons (Fsp3) is 0.444. The molecule has 2 aliphatic carbocycles. The van der Waals surface area contributed by atoms with Gasteiger partial charge >= 0.3 is 0 Å². The SMILES string of the molecule is C=N/N=C(\N)Cc1ccc(C2(c3cc4c(cc3C)C(C)(C)C=CC4(C)C)CCC2)nc1. The van der Waals surface area contributed by atoms with E-state index in [2.05, 4.69) is 88.0 Å². The Morgan fingerprint density at radius 2 is 1.68 bits per heavy atom. The van der Waals surface area contributed by atoms with E-state index < -0.39 is 0 Å². The van der Waals surface area contributed by atoms with Gasteiger partial charge in [-0.15, -0.1) is 5.10 Å². The lowest BCUT2D eigenvalue weighted by molar-refractivity contribution is 0.291. The number of aromatic nitrogens is 1. The highest BCUT2D eigenvalue weighted by molar-refractivity contribution is 5.82. The van der Waals surface area contributed by atoms with Crippen molar-refractivity contribution in [3.8, 4) is 0 Å². The van der Waals surface area contributed by atoms with Gasteiger partial charge in [-0.25, -0.2) is 0 Å². The van der Waals surface area contributed by atoms with Crippen LogP contribution in [0.3, 0.4) is 0 Å². The summed E-state index contributed by atoms with van der Waals surface area (Å²) in [5, 5.41) is 7.32. The Morgan fingerprint density at radius 1 is 1.03 bits per heavy atom. The third-order valence-corrected chi connectivity index (χ3v) is 7.29. The Bertz CT molecular complexity index is 1070. The predicted molar refractivity (Wildman–Crippen MR) is 130 cm³/mol. The molecule has 0 unspecified atom stereocenters. The van der Waals surface area contributed by atoms with E-state index in [0.717, 1.165) is 24.1 Å². The topological polar surface area (TPSA) is 63.6 Å². The highest BCUT2D eigenvalue weighted by Crippen LogP contribution is 2.52. The number of aryl methyl sites for hydroxylation is 1. The van der Waals surface area contributed by atoms with E-state index >= 15 is 0 Å². The Morgan fingerprint density at radius 3 is 2.19 bits per heavy atom. The molecule has 0 spiro atoms. The lowest BCUT2D eigenvalue weighted by Crippen LogP contribution is -2.38. The summed E-state index contributed by atoms with van der Waals surface area (Å²) < 4.78 is 0. The van der Waals surface area contributed by atoms with E-state index in [0.29, 0.717) is 12.3 Å². The molecule has 162 valence electrons. The maximum Gasteiger partial charge on any atom is 0.126 e. The van der Waals surface area contributed by atoms with Crippen LogP contribution in [0.15, 0.2) is 52.8 Å². The average Bonchev–Trinajstić information content (AvgIpc) is 2.67. The molecule has 2 aromatic rings. The molecule has 1 heterocycles. The van der Waals surface area contributed by atoms with Gasteiger partial charge in [0.2, 0.25) is 0 Å². The summed E-state index contributed by atoms with van der Waals surface area (Å²) in [6, 6.07) is 9.23. The molecule has 4 rings (SSSR count). The van der Waals surface area contributed by atoms with Crippen LogP contribution in [0.25, 0.3) is 0 Å². The number of nitrogens with two attached hydrogens (primary N) is 1. The molecule has 1 saturated carbocycles. The molecule has 0 amide bonds. The Kier molecular flexibility index (Phi) is 5.15. The first kappa shape index (κ1) is 21.5. The smallest absolute Gasteiger partial charge is 0.126 e. The Hall–Kier alpha value is -2.75. The van der Waals surface area contributed by atoms with Crippen molar-refractivity contribution in [2.45, 2.75) is 76.5 Å². The molecule has 4 nitrogen and oxygen atoms in total. The third kappa shape index (κ3) is 3.62. The minimum Gasteiger partial charge on any atom is -0.385 e. The second-order valence-electron chi connectivity index (χ2n) is 10.4. The van der Waals surface area contributed by atoms with Crippen LogP contribution in [0.5, 0.6) is 0 Å². The number of rotatable bonds is 5. The van der Waals surface area contributed by atoms with Crippen LogP contribution < -0.4 is 5.73 Å². The van der Waals surface area contributed by atoms with Crippen molar-refractivity contribution in [1.82, 2.24) is 4.98 Å². The normalized spacial score (nSPS) is 20.6. The third-order valence-electron chi connectivity index (χ3n) is 7.29. The van der Waals surface area contributed by atoms with Crippen molar-refractivity contribution in [2.24, 2.45) is 15.9 Å². The highest BCUT2D eigenvalue weighted by atomic mass is 15.2. The second kappa shape index (κ2) is 7.44. The zero-order valence-electron chi connectivity index (χ0n) is 19.5. The summed E-state index contributed by atoms with van der Waals surface area (Å²) in [6.45, 7) is 14.9. The molecule has 2 N–H and O–H groups in total. The monoisotopic (exact) mass is 414 g/mol. The van der Waals surface area contributed by atoms with Crippen LogP contribution in [0.2, 0.25) is 0 Å². The van der Waals surface area contributed by atoms with E-state index in [1.54, 1.807) is 0 Å². The first-order chi connectivity index (χ1) is 14.6. The molecule has 2 aliphatic rings. The lowest BCUT2D eigenvalue weighted by Gasteiger charge is -2.45. The number of fused-ring (bicyclic) bond motifs is 1. The number of benzene rings is 1. The minimum absolute atomic E-state index is 0.00132. The fourth-order valence-corrected chi connectivity index (χ4v) is 5.23. The predicted octanol–water partition coefficient (Wildman–Crippen LogP) is 5.50. The molecule has 0 radical (unpaired) electrons. The molecular weight excluding hydrogens is 380 g/mol. The van der Waals surface area contributed by atoms with Gasteiger partial charge in [-0.05, 0) is 53.6 Å². The van der Waals surface area contributed by atoms with Crippen LogP contribution in [0, 0.1) is 6.92 Å². The highest BCUT2D eigenvalue weighted by Gasteiger charge is 2.44. The molecule has 1 fully saturated rings. The van der Waals surface area contributed by atoms with Crippen molar-refractivity contribution in [2.75, 3.05) is 0 Å². The van der Waals surface area contributed by atoms with Crippen LogP contribution in [-0.2, 0) is 22.7 Å². The van der Waals surface area contributed by atoms with E-state index in [1.165, 1.54) is 28.7 Å². The Balaban J connectivity index is 1.77. The van der Waals surface area contributed by atoms with Gasteiger partial charge in [0.25, 0.3) is 0 Å². The number of nitrogens with zero attached hydrogens (tertiary/aromatic N) is 3. The van der Waals surface area contributed by atoms with E-state index in [-0.39, 0.29) is 16.2 Å². The molecular formula is C27H34N4. The van der Waals surface area contributed by atoms with Crippen molar-refractivity contribution in [3.05, 3.63) is 76.1 Å². The van der Waals surface area contributed by atoms with Gasteiger partial charge in [0.1, 0.15) is 5.84 Å². The Labute approximate surface area is 186 Å². The summed E-state index contributed by atoms with van der Waals surface area (Å²) in [5.74, 6) is 0.450. The van der Waals surface area contributed by atoms with Crippen molar-refractivity contribution >= 4 is 12.6 Å². The van der Waals surface area contributed by atoms with Gasteiger partial charge in [-0.3, -0.25) is 4.98 Å². The van der Waals surface area contributed by atoms with Gasteiger partial charge in [0, 0.05) is 35.6 Å². The van der Waals surface area contributed by atoms with Crippen LogP contribution in [0.1, 0.15) is 80.5 Å². The first-order valence-electron chi connectivity index (χ1n) is 11.2. The number of hydrogen-bond acceptors (Lipinski definition) is 3. The van der Waals surface area contributed by atoms with Gasteiger partial charge in [-0.1, -0.05) is 64.5 Å². The molecule has 31 heavy (non-hydrogen) atoms. The van der Waals surface area contributed by atoms with Gasteiger partial charge in [-0.2, -0.15) is 5.10 Å². The molecule has 4 heteroatoms. The number of amidine groups is 1. The first-order valence-corrected chi connectivity index (χ1v) is 11.2. The lowest BCUT2D eigenvalue weighted by atomic mass is 9.59. The zero-order chi connectivity index (χ0) is 22.4. The van der Waals surface area contributed by atoms with Crippen molar-refractivity contribution < 1.29 is 0 Å². The summed E-state index contributed by atoms with van der Waals surface area (Å²) in [5.41, 5.74) is 13.9. The number of hydrogen-bond donors (Lipinski definition) is 1. The van der Waals surface area contributed by atoms with Gasteiger partial charge < -0.3 is 5.73 Å². The number of pyridine rings is 1. The van der Waals surface area contributed by atoms with Crippen LogP contribution in [-0.4, -0.2) is 17.5 Å². The quantitative estimate of drug-likeness (QED) is 0.304. The zero-order valence-corrected chi connectivity index (χ0v) is 19.5. The van der Waals surface area contributed by atoms with Crippen LogP contribution >= 0.6 is 0 Å². The molecule has 0 saturated heterocycles. The number of allylic oxidation sites excluding steroid dienone is 2. The van der Waals surface area contributed by atoms with Crippen LogP contribution in [0.4, 0.5) is 0 Å². The maximum absolute atomic E-state index is 5.88. The molecule has 0 atom stereocenters. The molecule has 1 aromatic heterocycles. The van der Waals surface area contributed by atoms with Gasteiger partial charge in [0.05, 0.1) is 5.69 Å². The standard InChI is InChI=1S/C27H34N4/c1-18-14-21-22(26(4,5)13-12-25(21,2)3)16-20(18)27(10-7-11-27)23-9-8-19(17-30-23)15-24(28)31-29-6/h8-9,12-14,16-17H,6-7,10-11,15H2,1-5H3,(H2,28,31). The molecule has 0 bridgehead atoms. The fourth-order valence-electron chi connectivity index (χ4n) is 5.23. The summed E-state index contributed by atoms with van der Waals surface area (Å²) in [7, 11) is 0. The minimum atomic E-state index is 0.00132. The molecule has 0 aliphatic heterocycles. The largest absolute Gasteiger partial charge is 0.385 e. The molecule has 1 aromatic carbocycles.